The Morgan fingerprint density at radius 2 is 1.96 bits per heavy atom. The molecule has 4 nitrogen and oxygen atoms in total. The lowest BCUT2D eigenvalue weighted by molar-refractivity contribution is -0.147. The number of hydrogen-bond donors (Lipinski definition) is 1. The number of cyclic esters (lactones) is 1. The number of halogens is 1. The van der Waals surface area contributed by atoms with Crippen molar-refractivity contribution in [3.05, 3.63) is 65.5 Å². The zero-order chi connectivity index (χ0) is 16.0. The van der Waals surface area contributed by atoms with E-state index in [9.17, 15) is 9.18 Å². The zero-order valence-corrected chi connectivity index (χ0v) is 12.6. The summed E-state index contributed by atoms with van der Waals surface area (Å²) in [4.78, 5) is 12.7. The molecule has 2 aromatic carbocycles. The van der Waals surface area contributed by atoms with Crippen LogP contribution in [-0.2, 0) is 15.1 Å². The van der Waals surface area contributed by atoms with Crippen molar-refractivity contribution >= 4 is 5.97 Å². The minimum Gasteiger partial charge on any atom is -0.490 e. The largest absolute Gasteiger partial charge is 0.490 e. The van der Waals surface area contributed by atoms with Gasteiger partial charge in [-0.15, -0.1) is 0 Å². The van der Waals surface area contributed by atoms with Crippen molar-refractivity contribution < 1.29 is 18.7 Å². The molecule has 1 saturated heterocycles. The van der Waals surface area contributed by atoms with Crippen LogP contribution in [0.15, 0.2) is 48.5 Å². The van der Waals surface area contributed by atoms with Gasteiger partial charge in [-0.2, -0.15) is 0 Å². The Morgan fingerprint density at radius 1 is 1.17 bits per heavy atom. The quantitative estimate of drug-likeness (QED) is 0.822. The summed E-state index contributed by atoms with van der Waals surface area (Å²) in [5, 5.41) is 3.27. The molecule has 0 aliphatic carbocycles. The molecule has 5 heteroatoms. The molecular weight excluding hydrogens is 297 g/mol. The van der Waals surface area contributed by atoms with Crippen LogP contribution in [0, 0.1) is 5.82 Å². The van der Waals surface area contributed by atoms with Crippen LogP contribution in [0.1, 0.15) is 30.7 Å². The monoisotopic (exact) mass is 313 g/mol. The first kappa shape index (κ1) is 14.2. The number of carbonyl (C=O) groups is 1. The third kappa shape index (κ3) is 2.19. The zero-order valence-electron chi connectivity index (χ0n) is 12.6. The second-order valence-corrected chi connectivity index (χ2v) is 6.02. The van der Waals surface area contributed by atoms with Crippen LogP contribution in [0.4, 0.5) is 4.39 Å². The molecule has 2 heterocycles. The third-order valence-electron chi connectivity index (χ3n) is 4.38. The smallest absolute Gasteiger partial charge is 0.333 e. The lowest BCUT2D eigenvalue weighted by atomic mass is 9.82. The molecule has 1 N–H and O–H groups in total. The van der Waals surface area contributed by atoms with Gasteiger partial charge < -0.3 is 9.47 Å². The van der Waals surface area contributed by atoms with Crippen molar-refractivity contribution in [1.29, 1.82) is 0 Å². The van der Waals surface area contributed by atoms with Crippen LogP contribution >= 0.6 is 0 Å². The molecule has 23 heavy (non-hydrogen) atoms. The SMILES string of the molecule is CC1CC2(N[C@@H](c3ccccc3)OC2=O)c2cc(F)ccc2O1. The number of rotatable bonds is 1. The van der Waals surface area contributed by atoms with E-state index in [0.29, 0.717) is 17.7 Å². The summed E-state index contributed by atoms with van der Waals surface area (Å²) >= 11 is 0. The van der Waals surface area contributed by atoms with Crippen LogP contribution in [0.25, 0.3) is 0 Å². The Labute approximate surface area is 133 Å². The predicted octanol–water partition coefficient (Wildman–Crippen LogP) is 3.04. The van der Waals surface area contributed by atoms with Crippen molar-refractivity contribution in [3.8, 4) is 5.75 Å². The van der Waals surface area contributed by atoms with Crippen molar-refractivity contribution in [2.45, 2.75) is 31.2 Å². The molecule has 4 rings (SSSR count). The maximum Gasteiger partial charge on any atom is 0.333 e. The van der Waals surface area contributed by atoms with E-state index in [1.165, 1.54) is 12.1 Å². The first-order valence-electron chi connectivity index (χ1n) is 7.59. The van der Waals surface area contributed by atoms with Gasteiger partial charge in [0.15, 0.2) is 11.8 Å². The van der Waals surface area contributed by atoms with E-state index < -0.39 is 23.6 Å². The Bertz CT molecular complexity index is 764. The fraction of sp³-hybridized carbons (Fsp3) is 0.278. The molecule has 1 spiro atoms. The molecule has 0 radical (unpaired) electrons. The topological polar surface area (TPSA) is 47.6 Å². The molecule has 2 unspecified atom stereocenters. The van der Waals surface area contributed by atoms with Gasteiger partial charge in [0.1, 0.15) is 11.6 Å². The van der Waals surface area contributed by atoms with Gasteiger partial charge >= 0.3 is 5.97 Å². The van der Waals surface area contributed by atoms with Gasteiger partial charge in [0, 0.05) is 17.5 Å². The van der Waals surface area contributed by atoms with E-state index in [1.807, 2.05) is 37.3 Å². The molecule has 2 aliphatic rings. The van der Waals surface area contributed by atoms with E-state index in [0.717, 1.165) is 5.56 Å². The van der Waals surface area contributed by atoms with Gasteiger partial charge in [0.25, 0.3) is 0 Å². The highest BCUT2D eigenvalue weighted by molar-refractivity contribution is 5.86. The van der Waals surface area contributed by atoms with Crippen molar-refractivity contribution in [1.82, 2.24) is 5.32 Å². The van der Waals surface area contributed by atoms with Crippen molar-refractivity contribution in [3.63, 3.8) is 0 Å². The standard InChI is InChI=1S/C18H16FNO3/c1-11-10-18(14-9-13(19)7-8-15(14)22-11)17(21)23-16(20-18)12-5-3-2-4-6-12/h2-9,11,16,20H,10H2,1H3/t11?,16-,18?/m1/s1. The number of benzene rings is 2. The molecule has 0 bridgehead atoms. The summed E-state index contributed by atoms with van der Waals surface area (Å²) in [6.07, 6.45) is -0.335. The number of nitrogens with one attached hydrogen (secondary N) is 1. The molecule has 0 saturated carbocycles. The first-order valence-corrected chi connectivity index (χ1v) is 7.59. The highest BCUT2D eigenvalue weighted by atomic mass is 19.1. The van der Waals surface area contributed by atoms with Gasteiger partial charge in [-0.3, -0.25) is 5.32 Å². The fourth-order valence-corrected chi connectivity index (χ4v) is 3.37. The Kier molecular flexibility index (Phi) is 3.13. The van der Waals surface area contributed by atoms with Gasteiger partial charge in [0.05, 0.1) is 6.10 Å². The van der Waals surface area contributed by atoms with E-state index in [2.05, 4.69) is 5.32 Å². The second kappa shape index (κ2) is 5.06. The van der Waals surface area contributed by atoms with E-state index in [1.54, 1.807) is 6.07 Å². The van der Waals surface area contributed by atoms with Gasteiger partial charge in [0.2, 0.25) is 0 Å². The minimum absolute atomic E-state index is 0.178. The third-order valence-corrected chi connectivity index (χ3v) is 4.38. The highest BCUT2D eigenvalue weighted by Gasteiger charge is 2.54. The molecule has 118 valence electrons. The summed E-state index contributed by atoms with van der Waals surface area (Å²) in [7, 11) is 0. The summed E-state index contributed by atoms with van der Waals surface area (Å²) in [5.41, 5.74) is 0.282. The maximum atomic E-state index is 13.7. The predicted molar refractivity (Wildman–Crippen MR) is 81.2 cm³/mol. The number of fused-ring (bicyclic) bond motifs is 2. The molecule has 2 aliphatic heterocycles. The Balaban J connectivity index is 1.79. The highest BCUT2D eigenvalue weighted by Crippen LogP contribution is 2.45. The van der Waals surface area contributed by atoms with Crippen LogP contribution in [0.2, 0.25) is 0 Å². The number of esters is 1. The van der Waals surface area contributed by atoms with Crippen LogP contribution in [-0.4, -0.2) is 12.1 Å². The van der Waals surface area contributed by atoms with Gasteiger partial charge in [-0.05, 0) is 25.1 Å². The summed E-state index contributed by atoms with van der Waals surface area (Å²) < 4.78 is 25.0. The first-order chi connectivity index (χ1) is 11.1. The number of hydrogen-bond acceptors (Lipinski definition) is 4. The lowest BCUT2D eigenvalue weighted by Crippen LogP contribution is -2.49. The molecule has 0 amide bonds. The Morgan fingerprint density at radius 3 is 2.74 bits per heavy atom. The van der Waals surface area contributed by atoms with Crippen molar-refractivity contribution in [2.75, 3.05) is 0 Å². The molecule has 3 atom stereocenters. The van der Waals surface area contributed by atoms with E-state index in [4.69, 9.17) is 9.47 Å². The van der Waals surface area contributed by atoms with E-state index >= 15 is 0 Å². The summed E-state index contributed by atoms with van der Waals surface area (Å²) in [6.45, 7) is 1.89. The van der Waals surface area contributed by atoms with Crippen LogP contribution in [0.5, 0.6) is 5.75 Å². The van der Waals surface area contributed by atoms with Gasteiger partial charge in [-0.25, -0.2) is 9.18 Å². The summed E-state index contributed by atoms with van der Waals surface area (Å²) in [5.74, 6) is -0.282. The minimum atomic E-state index is -1.07. The van der Waals surface area contributed by atoms with E-state index in [-0.39, 0.29) is 6.10 Å². The van der Waals surface area contributed by atoms with Crippen LogP contribution in [0.3, 0.4) is 0 Å². The fourth-order valence-electron chi connectivity index (χ4n) is 3.37. The lowest BCUT2D eigenvalue weighted by Gasteiger charge is -2.36. The molecule has 2 aromatic rings. The normalized spacial score (nSPS) is 29.0. The maximum absolute atomic E-state index is 13.7. The average molecular weight is 313 g/mol. The number of ether oxygens (including phenoxy) is 2. The second-order valence-electron chi connectivity index (χ2n) is 6.02. The molecular formula is C18H16FNO3. The molecule has 0 aromatic heterocycles. The van der Waals surface area contributed by atoms with Crippen molar-refractivity contribution in [2.24, 2.45) is 0 Å². The van der Waals surface area contributed by atoms with Crippen LogP contribution < -0.4 is 10.1 Å². The Hall–Kier alpha value is -2.40. The number of carbonyl (C=O) groups excluding carboxylic acids is 1. The van der Waals surface area contributed by atoms with Gasteiger partial charge in [-0.1, -0.05) is 30.3 Å². The molecule has 1 fully saturated rings. The summed E-state index contributed by atoms with van der Waals surface area (Å²) in [6, 6.07) is 13.7. The average Bonchev–Trinajstić information content (AvgIpc) is 2.86.